The standard InChI is InChI=1S/C20H28N6O5/c1-5-7-23-20(30)24-13-6-10-26(18(28)14-11-21-8-9-22-14)16(13)17(27)25-15(12(2)3)19(29)31-4/h5,8-9,11-13,15-16H,1,6-7,10H2,2-4H3,(H,25,27)(H2,23,24,30). The molecule has 1 aliphatic heterocycles. The van der Waals surface area contributed by atoms with Crippen LogP contribution in [0.5, 0.6) is 0 Å². The third-order valence-electron chi connectivity index (χ3n) is 4.85. The number of methoxy groups -OCH3 is 1. The molecule has 1 saturated heterocycles. The molecule has 3 N–H and O–H groups in total. The van der Waals surface area contributed by atoms with E-state index in [4.69, 9.17) is 4.74 Å². The second kappa shape index (κ2) is 11.0. The number of likely N-dealkylation sites (tertiary alicyclic amines) is 1. The van der Waals surface area contributed by atoms with Gasteiger partial charge in [0.1, 0.15) is 17.8 Å². The van der Waals surface area contributed by atoms with Crippen LogP contribution in [0.3, 0.4) is 0 Å². The van der Waals surface area contributed by atoms with Crippen molar-refractivity contribution in [3.8, 4) is 0 Å². The molecule has 0 bridgehead atoms. The number of aromatic nitrogens is 2. The average molecular weight is 432 g/mol. The summed E-state index contributed by atoms with van der Waals surface area (Å²) in [5, 5.41) is 7.96. The number of ether oxygens (including phenoxy) is 1. The Labute approximate surface area is 180 Å². The Hall–Kier alpha value is -3.50. The van der Waals surface area contributed by atoms with Crippen LogP contribution in [0.1, 0.15) is 30.8 Å². The molecule has 0 radical (unpaired) electrons. The third kappa shape index (κ3) is 6.00. The first-order valence-corrected chi connectivity index (χ1v) is 9.90. The normalized spacial score (nSPS) is 18.8. The number of carbonyl (C=O) groups is 4. The Balaban J connectivity index is 2.28. The smallest absolute Gasteiger partial charge is 0.328 e. The highest BCUT2D eigenvalue weighted by Gasteiger charge is 2.44. The summed E-state index contributed by atoms with van der Waals surface area (Å²) in [5.41, 5.74) is 0.0745. The van der Waals surface area contributed by atoms with E-state index in [9.17, 15) is 19.2 Å². The summed E-state index contributed by atoms with van der Waals surface area (Å²) >= 11 is 0. The van der Waals surface area contributed by atoms with Crippen LogP contribution in [-0.4, -0.2) is 77.0 Å². The number of nitrogens with zero attached hydrogens (tertiary/aromatic N) is 3. The van der Waals surface area contributed by atoms with Gasteiger partial charge in [0, 0.05) is 25.5 Å². The van der Waals surface area contributed by atoms with Crippen molar-refractivity contribution in [1.82, 2.24) is 30.8 Å². The van der Waals surface area contributed by atoms with Gasteiger partial charge in [-0.25, -0.2) is 14.6 Å². The predicted molar refractivity (Wildman–Crippen MR) is 111 cm³/mol. The molecule has 0 aromatic carbocycles. The van der Waals surface area contributed by atoms with Gasteiger partial charge in [0.2, 0.25) is 5.91 Å². The Kier molecular flexibility index (Phi) is 8.47. The summed E-state index contributed by atoms with van der Waals surface area (Å²) in [5.74, 6) is -1.92. The Morgan fingerprint density at radius 1 is 1.32 bits per heavy atom. The van der Waals surface area contributed by atoms with E-state index in [1.165, 1.54) is 36.7 Å². The van der Waals surface area contributed by atoms with Gasteiger partial charge in [0.15, 0.2) is 0 Å². The second-order valence-corrected chi connectivity index (χ2v) is 7.33. The lowest BCUT2D eigenvalue weighted by Gasteiger charge is -2.29. The van der Waals surface area contributed by atoms with Gasteiger partial charge in [-0.2, -0.15) is 0 Å². The van der Waals surface area contributed by atoms with Crippen LogP contribution in [-0.2, 0) is 14.3 Å². The number of esters is 1. The van der Waals surface area contributed by atoms with Crippen LogP contribution >= 0.6 is 0 Å². The third-order valence-corrected chi connectivity index (χ3v) is 4.85. The molecular weight excluding hydrogens is 404 g/mol. The van der Waals surface area contributed by atoms with Crippen molar-refractivity contribution in [2.75, 3.05) is 20.2 Å². The maximum Gasteiger partial charge on any atom is 0.328 e. The first-order chi connectivity index (χ1) is 14.8. The van der Waals surface area contributed by atoms with Crippen molar-refractivity contribution < 1.29 is 23.9 Å². The minimum Gasteiger partial charge on any atom is -0.467 e. The lowest BCUT2D eigenvalue weighted by Crippen LogP contribution is -2.59. The number of hydrogen-bond acceptors (Lipinski definition) is 7. The molecule has 1 aromatic heterocycles. The Bertz CT molecular complexity index is 816. The molecule has 2 rings (SSSR count). The number of urea groups is 1. The number of carbonyl (C=O) groups excluding carboxylic acids is 4. The highest BCUT2D eigenvalue weighted by Crippen LogP contribution is 2.21. The number of amides is 4. The fourth-order valence-electron chi connectivity index (χ4n) is 3.30. The van der Waals surface area contributed by atoms with Gasteiger partial charge < -0.3 is 25.6 Å². The first-order valence-electron chi connectivity index (χ1n) is 9.90. The van der Waals surface area contributed by atoms with E-state index in [-0.39, 0.29) is 24.7 Å². The number of nitrogens with one attached hydrogen (secondary N) is 3. The van der Waals surface area contributed by atoms with Crippen LogP contribution in [0, 0.1) is 5.92 Å². The largest absolute Gasteiger partial charge is 0.467 e. The maximum atomic E-state index is 13.2. The molecule has 11 heteroatoms. The van der Waals surface area contributed by atoms with Crippen molar-refractivity contribution in [1.29, 1.82) is 0 Å². The summed E-state index contributed by atoms with van der Waals surface area (Å²) in [4.78, 5) is 59.7. The van der Waals surface area contributed by atoms with Crippen molar-refractivity contribution in [3.63, 3.8) is 0 Å². The molecule has 0 saturated carbocycles. The highest BCUT2D eigenvalue weighted by molar-refractivity contribution is 5.98. The van der Waals surface area contributed by atoms with Crippen LogP contribution < -0.4 is 16.0 Å². The topological polar surface area (TPSA) is 143 Å². The van der Waals surface area contributed by atoms with E-state index < -0.39 is 41.9 Å². The van der Waals surface area contributed by atoms with Crippen molar-refractivity contribution in [3.05, 3.63) is 36.9 Å². The molecule has 11 nitrogen and oxygen atoms in total. The quantitative estimate of drug-likeness (QED) is 0.383. The minimum atomic E-state index is -1.05. The zero-order chi connectivity index (χ0) is 23.0. The van der Waals surface area contributed by atoms with Crippen molar-refractivity contribution in [2.45, 2.75) is 38.4 Å². The molecule has 0 spiro atoms. The molecule has 0 aliphatic carbocycles. The predicted octanol–water partition coefficient (Wildman–Crippen LogP) is -0.141. The SMILES string of the molecule is C=CCNC(=O)NC1CCN(C(=O)c2cnccn2)C1C(=O)NC(C(=O)OC)C(C)C. The van der Waals surface area contributed by atoms with Gasteiger partial charge in [0.05, 0.1) is 19.3 Å². The molecule has 1 aliphatic rings. The number of hydrogen-bond donors (Lipinski definition) is 3. The van der Waals surface area contributed by atoms with Gasteiger partial charge in [-0.3, -0.25) is 14.6 Å². The summed E-state index contributed by atoms with van der Waals surface area (Å²) in [6.45, 7) is 7.51. The summed E-state index contributed by atoms with van der Waals surface area (Å²) in [6.07, 6.45) is 5.98. The maximum absolute atomic E-state index is 13.2. The van der Waals surface area contributed by atoms with Crippen LogP contribution in [0.4, 0.5) is 4.79 Å². The fraction of sp³-hybridized carbons (Fsp3) is 0.500. The first kappa shape index (κ1) is 23.8. The highest BCUT2D eigenvalue weighted by atomic mass is 16.5. The van der Waals surface area contributed by atoms with Crippen LogP contribution in [0.2, 0.25) is 0 Å². The molecule has 168 valence electrons. The van der Waals surface area contributed by atoms with Gasteiger partial charge in [0.25, 0.3) is 5.91 Å². The molecule has 31 heavy (non-hydrogen) atoms. The van der Waals surface area contributed by atoms with Crippen molar-refractivity contribution in [2.24, 2.45) is 5.92 Å². The lowest BCUT2D eigenvalue weighted by atomic mass is 10.0. The van der Waals surface area contributed by atoms with Gasteiger partial charge in [-0.1, -0.05) is 19.9 Å². The second-order valence-electron chi connectivity index (χ2n) is 7.33. The lowest BCUT2D eigenvalue weighted by molar-refractivity contribution is -0.146. The van der Waals surface area contributed by atoms with E-state index in [2.05, 4.69) is 32.5 Å². The van der Waals surface area contributed by atoms with E-state index in [1.54, 1.807) is 13.8 Å². The summed E-state index contributed by atoms with van der Waals surface area (Å²) < 4.78 is 4.77. The van der Waals surface area contributed by atoms with Gasteiger partial charge >= 0.3 is 12.0 Å². The monoisotopic (exact) mass is 432 g/mol. The van der Waals surface area contributed by atoms with E-state index in [0.717, 1.165) is 0 Å². The fourth-order valence-corrected chi connectivity index (χ4v) is 3.30. The Morgan fingerprint density at radius 2 is 2.06 bits per heavy atom. The molecular formula is C20H28N6O5. The molecule has 4 amide bonds. The molecule has 2 heterocycles. The van der Waals surface area contributed by atoms with E-state index >= 15 is 0 Å². The van der Waals surface area contributed by atoms with Crippen LogP contribution in [0.15, 0.2) is 31.2 Å². The minimum absolute atomic E-state index is 0.0745. The van der Waals surface area contributed by atoms with Gasteiger partial charge in [-0.05, 0) is 12.3 Å². The zero-order valence-electron chi connectivity index (χ0n) is 17.8. The molecule has 3 atom stereocenters. The van der Waals surface area contributed by atoms with Gasteiger partial charge in [-0.15, -0.1) is 6.58 Å². The molecule has 3 unspecified atom stereocenters. The number of rotatable bonds is 8. The molecule has 1 aromatic rings. The summed E-state index contributed by atoms with van der Waals surface area (Å²) in [7, 11) is 1.23. The zero-order valence-corrected chi connectivity index (χ0v) is 17.8. The Morgan fingerprint density at radius 3 is 2.65 bits per heavy atom. The van der Waals surface area contributed by atoms with Crippen molar-refractivity contribution >= 4 is 23.8 Å². The van der Waals surface area contributed by atoms with E-state index in [1.807, 2.05) is 0 Å². The molecule has 1 fully saturated rings. The summed E-state index contributed by atoms with van der Waals surface area (Å²) in [6, 6.07) is -3.11. The van der Waals surface area contributed by atoms with Crippen LogP contribution in [0.25, 0.3) is 0 Å². The average Bonchev–Trinajstić information content (AvgIpc) is 3.18. The van der Waals surface area contributed by atoms with E-state index in [0.29, 0.717) is 6.42 Å².